The molecule has 2 nitrogen and oxygen atoms in total. The second-order valence-corrected chi connectivity index (χ2v) is 6.48. The van der Waals surface area contributed by atoms with E-state index in [1.807, 2.05) is 6.07 Å². The number of halogens is 2. The summed E-state index contributed by atoms with van der Waals surface area (Å²) in [4.78, 5) is 5.48. The number of nitrogen functional groups attached to an aromatic ring is 1. The quantitative estimate of drug-likeness (QED) is 0.922. The van der Waals surface area contributed by atoms with Crippen molar-refractivity contribution in [1.29, 1.82) is 0 Å². The van der Waals surface area contributed by atoms with Crippen molar-refractivity contribution in [2.45, 2.75) is 25.2 Å². The lowest BCUT2D eigenvalue weighted by Gasteiger charge is -2.05. The van der Waals surface area contributed by atoms with Gasteiger partial charge in [-0.3, -0.25) is 0 Å². The summed E-state index contributed by atoms with van der Waals surface area (Å²) in [7, 11) is 0. The van der Waals surface area contributed by atoms with Crippen LogP contribution in [0.3, 0.4) is 0 Å². The Balaban J connectivity index is 1.97. The van der Waals surface area contributed by atoms with Crippen LogP contribution in [0, 0.1) is 5.82 Å². The van der Waals surface area contributed by atoms with Crippen molar-refractivity contribution in [3.05, 3.63) is 44.6 Å². The molecule has 1 aromatic carbocycles. The van der Waals surface area contributed by atoms with Gasteiger partial charge < -0.3 is 5.73 Å². The minimum absolute atomic E-state index is 0.182. The molecule has 1 heterocycles. The molecule has 1 saturated carbocycles. The Kier molecular flexibility index (Phi) is 3.11. The molecule has 1 aliphatic carbocycles. The number of benzene rings is 1. The third-order valence-electron chi connectivity index (χ3n) is 3.11. The van der Waals surface area contributed by atoms with Crippen LogP contribution in [0.5, 0.6) is 0 Å². The van der Waals surface area contributed by atoms with Crippen LogP contribution in [-0.4, -0.2) is 4.98 Å². The molecule has 0 atom stereocenters. The monoisotopic (exact) mass is 326 g/mol. The first-order valence-electron chi connectivity index (χ1n) is 5.83. The number of rotatable bonds is 3. The molecule has 0 unspecified atom stereocenters. The maximum absolute atomic E-state index is 13.8. The molecule has 0 spiro atoms. The average molecular weight is 327 g/mol. The van der Waals surface area contributed by atoms with E-state index in [9.17, 15) is 4.39 Å². The summed E-state index contributed by atoms with van der Waals surface area (Å²) < 4.78 is 14.6. The third-order valence-corrected chi connectivity index (χ3v) is 4.75. The number of nitrogens with zero attached hydrogens (tertiary/aromatic N) is 1. The Hall–Kier alpha value is -0.940. The normalized spacial score (nSPS) is 15.0. The van der Waals surface area contributed by atoms with Crippen molar-refractivity contribution in [2.24, 2.45) is 0 Å². The van der Waals surface area contributed by atoms with Crippen LogP contribution < -0.4 is 5.73 Å². The zero-order valence-electron chi connectivity index (χ0n) is 9.62. The molecule has 2 N–H and O–H groups in total. The molecular weight excluding hydrogens is 315 g/mol. The predicted molar refractivity (Wildman–Crippen MR) is 75.4 cm³/mol. The van der Waals surface area contributed by atoms with Gasteiger partial charge in [0.1, 0.15) is 5.82 Å². The van der Waals surface area contributed by atoms with Gasteiger partial charge in [-0.2, -0.15) is 0 Å². The smallest absolute Gasteiger partial charge is 0.180 e. The molecule has 94 valence electrons. The number of hydrogen-bond donors (Lipinski definition) is 1. The van der Waals surface area contributed by atoms with Gasteiger partial charge in [0.15, 0.2) is 5.13 Å². The first-order chi connectivity index (χ1) is 8.65. The fourth-order valence-electron chi connectivity index (χ4n) is 2.05. The first kappa shape index (κ1) is 12.1. The van der Waals surface area contributed by atoms with E-state index in [2.05, 4.69) is 20.9 Å². The topological polar surface area (TPSA) is 38.9 Å². The number of hydrogen-bond acceptors (Lipinski definition) is 3. The van der Waals surface area contributed by atoms with Gasteiger partial charge in [-0.05, 0) is 25.0 Å². The molecule has 0 bridgehead atoms. The van der Waals surface area contributed by atoms with Gasteiger partial charge in [-0.15, -0.1) is 11.3 Å². The van der Waals surface area contributed by atoms with E-state index in [-0.39, 0.29) is 5.82 Å². The fourth-order valence-corrected chi connectivity index (χ4v) is 3.46. The van der Waals surface area contributed by atoms with Crippen molar-refractivity contribution in [3.8, 4) is 0 Å². The Morgan fingerprint density at radius 1 is 1.44 bits per heavy atom. The molecule has 3 rings (SSSR count). The number of aromatic nitrogens is 1. The summed E-state index contributed by atoms with van der Waals surface area (Å²) in [5.41, 5.74) is 7.54. The van der Waals surface area contributed by atoms with Gasteiger partial charge in [0, 0.05) is 27.3 Å². The third kappa shape index (κ3) is 2.29. The molecule has 1 aliphatic rings. The van der Waals surface area contributed by atoms with Crippen LogP contribution in [0.25, 0.3) is 0 Å². The van der Waals surface area contributed by atoms with E-state index >= 15 is 0 Å². The molecule has 0 aliphatic heterocycles. The second kappa shape index (κ2) is 4.63. The Labute approximate surface area is 117 Å². The van der Waals surface area contributed by atoms with Crippen LogP contribution >= 0.6 is 27.3 Å². The van der Waals surface area contributed by atoms with Gasteiger partial charge >= 0.3 is 0 Å². The van der Waals surface area contributed by atoms with E-state index in [0.29, 0.717) is 23.0 Å². The zero-order chi connectivity index (χ0) is 12.7. The predicted octanol–water partition coefficient (Wildman–Crippen LogP) is 4.10. The number of anilines is 1. The lowest BCUT2D eigenvalue weighted by Crippen LogP contribution is -1.95. The summed E-state index contributed by atoms with van der Waals surface area (Å²) in [5.74, 6) is 0.359. The summed E-state index contributed by atoms with van der Waals surface area (Å²) in [6.07, 6.45) is 2.91. The van der Waals surface area contributed by atoms with Crippen molar-refractivity contribution >= 4 is 32.4 Å². The van der Waals surface area contributed by atoms with Crippen LogP contribution in [0.1, 0.15) is 34.9 Å². The Bertz CT molecular complexity index is 572. The lowest BCUT2D eigenvalue weighted by atomic mass is 10.1. The minimum Gasteiger partial charge on any atom is -0.375 e. The molecule has 18 heavy (non-hydrogen) atoms. The summed E-state index contributed by atoms with van der Waals surface area (Å²) in [6.45, 7) is 0. The first-order valence-corrected chi connectivity index (χ1v) is 7.44. The highest BCUT2D eigenvalue weighted by atomic mass is 79.9. The van der Waals surface area contributed by atoms with Gasteiger partial charge in [-0.1, -0.05) is 22.0 Å². The van der Waals surface area contributed by atoms with E-state index < -0.39 is 0 Å². The maximum atomic E-state index is 13.8. The fraction of sp³-hybridized carbons (Fsp3) is 0.308. The van der Waals surface area contributed by atoms with Gasteiger partial charge in [0.05, 0.1) is 5.69 Å². The van der Waals surface area contributed by atoms with Crippen molar-refractivity contribution in [2.75, 3.05) is 5.73 Å². The van der Waals surface area contributed by atoms with Crippen LogP contribution in [0.4, 0.5) is 9.52 Å². The van der Waals surface area contributed by atoms with Crippen LogP contribution in [0.2, 0.25) is 0 Å². The number of thiazole rings is 1. The highest BCUT2D eigenvalue weighted by Gasteiger charge is 2.29. The Morgan fingerprint density at radius 3 is 2.89 bits per heavy atom. The number of nitrogens with two attached hydrogens (primary N) is 1. The molecule has 1 fully saturated rings. The highest BCUT2D eigenvalue weighted by molar-refractivity contribution is 9.10. The molecule has 5 heteroatoms. The zero-order valence-corrected chi connectivity index (χ0v) is 12.0. The largest absolute Gasteiger partial charge is 0.375 e. The van der Waals surface area contributed by atoms with E-state index in [1.54, 1.807) is 6.07 Å². The summed E-state index contributed by atoms with van der Waals surface area (Å²) in [5, 5.41) is 0.583. The lowest BCUT2D eigenvalue weighted by molar-refractivity contribution is 0.613. The van der Waals surface area contributed by atoms with Crippen molar-refractivity contribution < 1.29 is 4.39 Å². The molecule has 2 aromatic rings. The highest BCUT2D eigenvalue weighted by Crippen LogP contribution is 2.44. The van der Waals surface area contributed by atoms with Gasteiger partial charge in [-0.25, -0.2) is 9.37 Å². The average Bonchev–Trinajstić information content (AvgIpc) is 3.09. The minimum atomic E-state index is -0.182. The molecule has 0 saturated heterocycles. The molecule has 0 radical (unpaired) electrons. The van der Waals surface area contributed by atoms with Crippen molar-refractivity contribution in [3.63, 3.8) is 0 Å². The standard InChI is InChI=1S/C13H12BrFN2S/c14-9-2-1-3-10(15)8(9)6-11-12(7-4-5-7)17-13(16)18-11/h1-3,7H,4-6H2,(H2,16,17). The molecule has 0 amide bonds. The Morgan fingerprint density at radius 2 is 2.22 bits per heavy atom. The van der Waals surface area contributed by atoms with E-state index in [4.69, 9.17) is 5.73 Å². The van der Waals surface area contributed by atoms with Gasteiger partial charge in [0.2, 0.25) is 0 Å². The van der Waals surface area contributed by atoms with Crippen molar-refractivity contribution in [1.82, 2.24) is 4.98 Å². The maximum Gasteiger partial charge on any atom is 0.180 e. The summed E-state index contributed by atoms with van der Waals surface area (Å²) in [6, 6.07) is 5.05. The van der Waals surface area contributed by atoms with Crippen LogP contribution in [-0.2, 0) is 6.42 Å². The van der Waals surface area contributed by atoms with Gasteiger partial charge in [0.25, 0.3) is 0 Å². The molecular formula is C13H12BrFN2S. The van der Waals surface area contributed by atoms with Crippen LogP contribution in [0.15, 0.2) is 22.7 Å². The molecule has 1 aromatic heterocycles. The van der Waals surface area contributed by atoms with E-state index in [0.717, 1.165) is 15.0 Å². The van der Waals surface area contributed by atoms with E-state index in [1.165, 1.54) is 30.2 Å². The second-order valence-electron chi connectivity index (χ2n) is 4.51. The summed E-state index contributed by atoms with van der Waals surface area (Å²) >= 11 is 4.88. The SMILES string of the molecule is Nc1nc(C2CC2)c(Cc2c(F)cccc2Br)s1.